The first kappa shape index (κ1) is 16.4. The predicted molar refractivity (Wildman–Crippen MR) is 95.6 cm³/mol. The Bertz CT molecular complexity index is 965. The Balaban J connectivity index is 1.54. The van der Waals surface area contributed by atoms with Crippen LogP contribution in [0, 0.1) is 0 Å². The van der Waals surface area contributed by atoms with Gasteiger partial charge in [-0.3, -0.25) is 0 Å². The third-order valence-corrected chi connectivity index (χ3v) is 4.50. The summed E-state index contributed by atoms with van der Waals surface area (Å²) in [5, 5.41) is 12.0. The van der Waals surface area contributed by atoms with Crippen molar-refractivity contribution in [1.82, 2.24) is 10.3 Å². The molecule has 0 saturated heterocycles. The first-order chi connectivity index (χ1) is 12.8. The van der Waals surface area contributed by atoms with E-state index in [-0.39, 0.29) is 0 Å². The van der Waals surface area contributed by atoms with Gasteiger partial charge in [-0.05, 0) is 65.0 Å². The normalized spacial score (nSPS) is 15.1. The summed E-state index contributed by atoms with van der Waals surface area (Å²) in [4.78, 5) is 5.61. The van der Waals surface area contributed by atoms with E-state index in [0.717, 1.165) is 47.4 Å². The van der Waals surface area contributed by atoms with Crippen LogP contribution in [0.1, 0.15) is 29.5 Å². The summed E-state index contributed by atoms with van der Waals surface area (Å²) in [7, 11) is 3.28. The molecule has 1 aliphatic carbocycles. The fourth-order valence-corrected chi connectivity index (χ4v) is 3.17. The van der Waals surface area contributed by atoms with E-state index in [1.807, 2.05) is 30.3 Å². The molecule has 7 nitrogen and oxygen atoms in total. The molecule has 0 bridgehead atoms. The maximum Gasteiger partial charge on any atom is 0.161 e. The zero-order valence-corrected chi connectivity index (χ0v) is 14.7. The van der Waals surface area contributed by atoms with Crippen molar-refractivity contribution in [2.24, 2.45) is 5.16 Å². The Morgan fingerprint density at radius 2 is 1.81 bits per heavy atom. The summed E-state index contributed by atoms with van der Waals surface area (Å²) in [6.07, 6.45) is 2.89. The van der Waals surface area contributed by atoms with Crippen molar-refractivity contribution in [3.63, 3.8) is 0 Å². The minimum Gasteiger partial charge on any atom is -0.493 e. The van der Waals surface area contributed by atoms with Gasteiger partial charge in [0.2, 0.25) is 0 Å². The molecule has 1 aliphatic rings. The van der Waals surface area contributed by atoms with E-state index in [0.29, 0.717) is 17.9 Å². The summed E-state index contributed by atoms with van der Waals surface area (Å²) >= 11 is 0. The number of rotatable bonds is 5. The van der Waals surface area contributed by atoms with Gasteiger partial charge in [0.15, 0.2) is 11.5 Å². The highest BCUT2D eigenvalue weighted by Crippen LogP contribution is 2.34. The second-order valence-electron chi connectivity index (χ2n) is 6.12. The molecule has 7 heteroatoms. The van der Waals surface area contributed by atoms with Crippen LogP contribution in [0.25, 0.3) is 11.0 Å². The number of nitrogens with zero attached hydrogens (tertiary/aromatic N) is 3. The highest BCUT2D eigenvalue weighted by atomic mass is 16.6. The van der Waals surface area contributed by atoms with E-state index in [4.69, 9.17) is 18.9 Å². The molecule has 0 N–H and O–H groups in total. The SMILES string of the molecule is COc1cc2c(cc1OC)/C(=N/OCc1ccc3nonc3c1)CCC2. The minimum atomic E-state index is 0.356. The molecule has 2 aromatic carbocycles. The molecule has 4 rings (SSSR count). The predicted octanol–water partition coefficient (Wildman–Crippen LogP) is 3.50. The lowest BCUT2D eigenvalue weighted by atomic mass is 9.89. The van der Waals surface area contributed by atoms with Crippen LogP contribution in [-0.2, 0) is 17.9 Å². The zero-order chi connectivity index (χ0) is 17.9. The molecule has 0 unspecified atom stereocenters. The Morgan fingerprint density at radius 3 is 2.65 bits per heavy atom. The summed E-state index contributed by atoms with van der Waals surface area (Å²) in [5.41, 5.74) is 5.58. The molecule has 0 aliphatic heterocycles. The smallest absolute Gasteiger partial charge is 0.161 e. The monoisotopic (exact) mass is 353 g/mol. The summed E-state index contributed by atoms with van der Waals surface area (Å²) < 4.78 is 15.5. The standard InChI is InChI=1S/C19H19N3O4/c1-23-18-9-13-4-3-5-15(14(13)10-19(18)24-2)20-25-11-12-6-7-16-17(8-12)22-26-21-16/h6-10H,3-5,11H2,1-2H3/b20-15+. The third-order valence-electron chi connectivity index (χ3n) is 4.50. The van der Waals surface area contributed by atoms with Crippen molar-refractivity contribution in [2.45, 2.75) is 25.9 Å². The summed E-state index contributed by atoms with van der Waals surface area (Å²) in [6.45, 7) is 0.356. The highest BCUT2D eigenvalue weighted by molar-refractivity contribution is 6.03. The van der Waals surface area contributed by atoms with Gasteiger partial charge in [-0.1, -0.05) is 11.2 Å². The number of aryl methyl sites for hydroxylation is 1. The molecule has 0 atom stereocenters. The van der Waals surface area contributed by atoms with E-state index < -0.39 is 0 Å². The van der Waals surface area contributed by atoms with Gasteiger partial charge in [0.05, 0.1) is 19.9 Å². The zero-order valence-electron chi connectivity index (χ0n) is 14.7. The van der Waals surface area contributed by atoms with E-state index in [2.05, 4.69) is 15.5 Å². The first-order valence-corrected chi connectivity index (χ1v) is 8.44. The molecule has 3 aromatic rings. The van der Waals surface area contributed by atoms with Gasteiger partial charge < -0.3 is 14.3 Å². The Kier molecular flexibility index (Phi) is 4.43. The molecular weight excluding hydrogens is 334 g/mol. The van der Waals surface area contributed by atoms with Crippen molar-refractivity contribution in [2.75, 3.05) is 14.2 Å². The van der Waals surface area contributed by atoms with Crippen molar-refractivity contribution >= 4 is 16.7 Å². The van der Waals surface area contributed by atoms with Crippen molar-refractivity contribution in [1.29, 1.82) is 0 Å². The van der Waals surface area contributed by atoms with Gasteiger partial charge in [0.25, 0.3) is 0 Å². The van der Waals surface area contributed by atoms with Gasteiger partial charge in [0.1, 0.15) is 17.6 Å². The molecule has 0 radical (unpaired) electrons. The lowest BCUT2D eigenvalue weighted by molar-refractivity contribution is 0.130. The molecule has 0 spiro atoms. The first-order valence-electron chi connectivity index (χ1n) is 8.44. The van der Waals surface area contributed by atoms with Crippen LogP contribution >= 0.6 is 0 Å². The topological polar surface area (TPSA) is 79.0 Å². The van der Waals surface area contributed by atoms with Crippen LogP contribution in [0.4, 0.5) is 0 Å². The van der Waals surface area contributed by atoms with Crippen LogP contribution in [0.5, 0.6) is 11.5 Å². The molecule has 0 saturated carbocycles. The van der Waals surface area contributed by atoms with Crippen LogP contribution in [-0.4, -0.2) is 30.2 Å². The largest absolute Gasteiger partial charge is 0.493 e. The molecule has 26 heavy (non-hydrogen) atoms. The number of benzene rings is 2. The second-order valence-corrected chi connectivity index (χ2v) is 6.12. The minimum absolute atomic E-state index is 0.356. The molecule has 134 valence electrons. The van der Waals surface area contributed by atoms with Gasteiger partial charge in [-0.25, -0.2) is 4.63 Å². The molecule has 0 amide bonds. The van der Waals surface area contributed by atoms with Gasteiger partial charge in [-0.15, -0.1) is 0 Å². The van der Waals surface area contributed by atoms with Crippen LogP contribution in [0.2, 0.25) is 0 Å². The number of aromatic nitrogens is 2. The Hall–Kier alpha value is -3.09. The summed E-state index contributed by atoms with van der Waals surface area (Å²) in [6, 6.07) is 9.66. The van der Waals surface area contributed by atoms with E-state index >= 15 is 0 Å². The van der Waals surface area contributed by atoms with Gasteiger partial charge in [0, 0.05) is 5.56 Å². The van der Waals surface area contributed by atoms with Crippen LogP contribution < -0.4 is 9.47 Å². The van der Waals surface area contributed by atoms with Gasteiger partial charge in [-0.2, -0.15) is 0 Å². The fraction of sp³-hybridized carbons (Fsp3) is 0.316. The van der Waals surface area contributed by atoms with Gasteiger partial charge >= 0.3 is 0 Å². The number of hydrogen-bond acceptors (Lipinski definition) is 7. The molecule has 0 fully saturated rings. The van der Waals surface area contributed by atoms with Crippen molar-refractivity contribution in [3.05, 3.63) is 47.0 Å². The van der Waals surface area contributed by atoms with Crippen LogP contribution in [0.3, 0.4) is 0 Å². The summed E-state index contributed by atoms with van der Waals surface area (Å²) in [5.74, 6) is 1.44. The second kappa shape index (κ2) is 7.03. The van der Waals surface area contributed by atoms with E-state index in [1.165, 1.54) is 5.56 Å². The number of ether oxygens (including phenoxy) is 2. The van der Waals surface area contributed by atoms with E-state index in [9.17, 15) is 0 Å². The molecular formula is C19H19N3O4. The lowest BCUT2D eigenvalue weighted by Crippen LogP contribution is -2.13. The quantitative estimate of drug-likeness (QED) is 0.653. The molecule has 1 aromatic heterocycles. The lowest BCUT2D eigenvalue weighted by Gasteiger charge is -2.20. The van der Waals surface area contributed by atoms with Crippen molar-refractivity contribution < 1.29 is 18.9 Å². The third kappa shape index (κ3) is 3.08. The average molecular weight is 353 g/mol. The number of fused-ring (bicyclic) bond motifs is 2. The van der Waals surface area contributed by atoms with Crippen molar-refractivity contribution in [3.8, 4) is 11.5 Å². The highest BCUT2D eigenvalue weighted by Gasteiger charge is 2.20. The maximum absolute atomic E-state index is 5.61. The Morgan fingerprint density at radius 1 is 1.00 bits per heavy atom. The van der Waals surface area contributed by atoms with E-state index in [1.54, 1.807) is 14.2 Å². The number of hydrogen-bond donors (Lipinski definition) is 0. The maximum atomic E-state index is 5.61. The number of oxime groups is 1. The van der Waals surface area contributed by atoms with Crippen LogP contribution in [0.15, 0.2) is 40.1 Å². The molecule has 1 heterocycles. The average Bonchev–Trinajstić information content (AvgIpc) is 3.15. The number of methoxy groups -OCH3 is 2. The fourth-order valence-electron chi connectivity index (χ4n) is 3.17. The Labute approximate surface area is 150 Å².